The van der Waals surface area contributed by atoms with Gasteiger partial charge in [0.15, 0.2) is 0 Å². The lowest BCUT2D eigenvalue weighted by Gasteiger charge is -2.39. The molecule has 1 heterocycles. The van der Waals surface area contributed by atoms with Crippen molar-refractivity contribution < 1.29 is 0 Å². The van der Waals surface area contributed by atoms with Gasteiger partial charge in [-0.15, -0.1) is 0 Å². The summed E-state index contributed by atoms with van der Waals surface area (Å²) in [6.45, 7) is 9.58. The zero-order valence-corrected chi connectivity index (χ0v) is 13.2. The molecule has 3 heteroatoms. The molecule has 1 N–H and O–H groups in total. The summed E-state index contributed by atoms with van der Waals surface area (Å²) >= 11 is 0. The van der Waals surface area contributed by atoms with Crippen molar-refractivity contribution in [2.75, 3.05) is 33.2 Å². The van der Waals surface area contributed by atoms with Gasteiger partial charge < -0.3 is 10.2 Å². The lowest BCUT2D eigenvalue weighted by Crippen LogP contribution is -2.53. The van der Waals surface area contributed by atoms with Crippen LogP contribution in [0.2, 0.25) is 0 Å². The predicted molar refractivity (Wildman–Crippen MR) is 82.6 cm³/mol. The highest BCUT2D eigenvalue weighted by atomic mass is 15.3. The van der Waals surface area contributed by atoms with Gasteiger partial charge in [-0.1, -0.05) is 26.2 Å². The van der Waals surface area contributed by atoms with Crippen LogP contribution in [0.15, 0.2) is 0 Å². The molecule has 3 unspecified atom stereocenters. The second kappa shape index (κ2) is 7.61. The van der Waals surface area contributed by atoms with E-state index in [0.29, 0.717) is 6.04 Å². The first-order valence-corrected chi connectivity index (χ1v) is 8.40. The quantitative estimate of drug-likeness (QED) is 0.792. The molecule has 0 aromatic rings. The highest BCUT2D eigenvalue weighted by Gasteiger charge is 2.32. The third-order valence-corrected chi connectivity index (χ3v) is 4.97. The molecule has 3 nitrogen and oxygen atoms in total. The molecule has 2 aliphatic rings. The van der Waals surface area contributed by atoms with Crippen molar-refractivity contribution in [2.45, 2.75) is 70.5 Å². The fraction of sp³-hybridized carbons (Fsp3) is 1.00. The first-order chi connectivity index (χ1) is 9.22. The van der Waals surface area contributed by atoms with E-state index >= 15 is 0 Å². The van der Waals surface area contributed by atoms with Crippen LogP contribution >= 0.6 is 0 Å². The Hall–Kier alpha value is -0.120. The maximum atomic E-state index is 3.77. The monoisotopic (exact) mass is 267 g/mol. The van der Waals surface area contributed by atoms with Gasteiger partial charge in [0, 0.05) is 31.2 Å². The summed E-state index contributed by atoms with van der Waals surface area (Å²) in [6, 6.07) is 2.19. The second-order valence-electron chi connectivity index (χ2n) is 6.57. The molecule has 0 spiro atoms. The van der Waals surface area contributed by atoms with Gasteiger partial charge in [0.05, 0.1) is 0 Å². The van der Waals surface area contributed by atoms with Gasteiger partial charge in [0.2, 0.25) is 0 Å². The predicted octanol–water partition coefficient (Wildman–Crippen LogP) is 2.32. The Morgan fingerprint density at radius 3 is 2.63 bits per heavy atom. The summed E-state index contributed by atoms with van der Waals surface area (Å²) in [7, 11) is 2.27. The SMILES string of the molecule is CCNC1CCCCCC1N1CCCN(C)CC1C. The van der Waals surface area contributed by atoms with Crippen LogP contribution in [0.4, 0.5) is 0 Å². The van der Waals surface area contributed by atoms with E-state index < -0.39 is 0 Å². The van der Waals surface area contributed by atoms with Crippen LogP contribution in [0.3, 0.4) is 0 Å². The number of hydrogen-bond donors (Lipinski definition) is 1. The Balaban J connectivity index is 2.05. The van der Waals surface area contributed by atoms with E-state index in [0.717, 1.165) is 18.6 Å². The molecule has 1 aliphatic carbocycles. The molecule has 19 heavy (non-hydrogen) atoms. The van der Waals surface area contributed by atoms with Crippen molar-refractivity contribution in [1.82, 2.24) is 15.1 Å². The lowest BCUT2D eigenvalue weighted by atomic mass is 9.99. The average molecular weight is 267 g/mol. The Kier molecular flexibility index (Phi) is 6.11. The molecule has 0 amide bonds. The molecule has 112 valence electrons. The molecule has 0 aromatic carbocycles. The summed E-state index contributed by atoms with van der Waals surface area (Å²) in [5, 5.41) is 3.77. The van der Waals surface area contributed by atoms with Crippen LogP contribution in [-0.2, 0) is 0 Å². The van der Waals surface area contributed by atoms with E-state index in [1.165, 1.54) is 58.2 Å². The Morgan fingerprint density at radius 2 is 1.84 bits per heavy atom. The van der Waals surface area contributed by atoms with Crippen molar-refractivity contribution in [2.24, 2.45) is 0 Å². The van der Waals surface area contributed by atoms with Crippen LogP contribution in [0.1, 0.15) is 52.4 Å². The van der Waals surface area contributed by atoms with Gasteiger partial charge in [-0.05, 0) is 46.3 Å². The smallest absolute Gasteiger partial charge is 0.0252 e. The van der Waals surface area contributed by atoms with Crippen LogP contribution < -0.4 is 5.32 Å². The fourth-order valence-electron chi connectivity index (χ4n) is 4.07. The van der Waals surface area contributed by atoms with Crippen molar-refractivity contribution in [3.8, 4) is 0 Å². The standard InChI is InChI=1S/C16H33N3/c1-4-17-15-9-6-5-7-10-16(15)19-12-8-11-18(3)13-14(19)2/h14-17H,4-13H2,1-3H3. The first-order valence-electron chi connectivity index (χ1n) is 8.40. The van der Waals surface area contributed by atoms with Crippen molar-refractivity contribution in [3.63, 3.8) is 0 Å². The van der Waals surface area contributed by atoms with Crippen molar-refractivity contribution in [3.05, 3.63) is 0 Å². The van der Waals surface area contributed by atoms with Gasteiger partial charge in [-0.3, -0.25) is 4.90 Å². The minimum absolute atomic E-state index is 0.705. The number of likely N-dealkylation sites (N-methyl/N-ethyl adjacent to an activating group) is 2. The zero-order chi connectivity index (χ0) is 13.7. The number of hydrogen-bond acceptors (Lipinski definition) is 3. The van der Waals surface area contributed by atoms with E-state index in [4.69, 9.17) is 0 Å². The number of rotatable bonds is 3. The van der Waals surface area contributed by atoms with E-state index in [2.05, 4.69) is 36.0 Å². The Bertz CT molecular complexity index is 256. The van der Waals surface area contributed by atoms with Gasteiger partial charge in [0.25, 0.3) is 0 Å². The summed E-state index contributed by atoms with van der Waals surface area (Å²) in [5.41, 5.74) is 0. The maximum Gasteiger partial charge on any atom is 0.0252 e. The van der Waals surface area contributed by atoms with Crippen molar-refractivity contribution >= 4 is 0 Å². The van der Waals surface area contributed by atoms with Crippen LogP contribution in [-0.4, -0.2) is 61.2 Å². The molecular weight excluding hydrogens is 234 g/mol. The molecular formula is C16H33N3. The van der Waals surface area contributed by atoms with Gasteiger partial charge >= 0.3 is 0 Å². The fourth-order valence-corrected chi connectivity index (χ4v) is 4.07. The normalized spacial score (nSPS) is 35.8. The molecule has 2 rings (SSSR count). The molecule has 0 aromatic heterocycles. The summed E-state index contributed by atoms with van der Waals surface area (Å²) in [4.78, 5) is 5.33. The van der Waals surface area contributed by atoms with Gasteiger partial charge in [-0.2, -0.15) is 0 Å². The highest BCUT2D eigenvalue weighted by Crippen LogP contribution is 2.25. The molecule has 0 radical (unpaired) electrons. The minimum Gasteiger partial charge on any atom is -0.313 e. The molecule has 2 fully saturated rings. The number of nitrogens with one attached hydrogen (secondary N) is 1. The largest absolute Gasteiger partial charge is 0.313 e. The molecule has 1 saturated carbocycles. The van der Waals surface area contributed by atoms with E-state index in [9.17, 15) is 0 Å². The summed E-state index contributed by atoms with van der Waals surface area (Å²) in [5.74, 6) is 0. The van der Waals surface area contributed by atoms with Gasteiger partial charge in [-0.25, -0.2) is 0 Å². The summed E-state index contributed by atoms with van der Waals surface area (Å²) < 4.78 is 0. The minimum atomic E-state index is 0.705. The van der Waals surface area contributed by atoms with Crippen LogP contribution in [0.5, 0.6) is 0 Å². The average Bonchev–Trinajstić information content (AvgIpc) is 2.68. The first kappa shape index (κ1) is 15.3. The highest BCUT2D eigenvalue weighted by molar-refractivity contribution is 4.90. The van der Waals surface area contributed by atoms with E-state index in [1.807, 2.05) is 0 Å². The van der Waals surface area contributed by atoms with Crippen LogP contribution in [0, 0.1) is 0 Å². The van der Waals surface area contributed by atoms with Gasteiger partial charge in [0.1, 0.15) is 0 Å². The number of nitrogens with zero attached hydrogens (tertiary/aromatic N) is 2. The van der Waals surface area contributed by atoms with Crippen LogP contribution in [0.25, 0.3) is 0 Å². The zero-order valence-electron chi connectivity index (χ0n) is 13.2. The topological polar surface area (TPSA) is 18.5 Å². The third kappa shape index (κ3) is 4.17. The molecule has 0 bridgehead atoms. The van der Waals surface area contributed by atoms with E-state index in [1.54, 1.807) is 0 Å². The maximum absolute atomic E-state index is 3.77. The summed E-state index contributed by atoms with van der Waals surface area (Å²) in [6.07, 6.45) is 8.36. The molecule has 1 aliphatic heterocycles. The lowest BCUT2D eigenvalue weighted by molar-refractivity contribution is 0.107. The van der Waals surface area contributed by atoms with Crippen molar-refractivity contribution in [1.29, 1.82) is 0 Å². The second-order valence-corrected chi connectivity index (χ2v) is 6.57. The molecule has 3 atom stereocenters. The van der Waals surface area contributed by atoms with E-state index in [-0.39, 0.29) is 0 Å². The molecule has 1 saturated heterocycles. The Labute approximate surface area is 119 Å². The Morgan fingerprint density at radius 1 is 1.05 bits per heavy atom. The third-order valence-electron chi connectivity index (χ3n) is 4.97.